The molecule has 1 fully saturated rings. The molecule has 6 N–H and O–H groups in total. The van der Waals surface area contributed by atoms with Gasteiger partial charge in [-0.1, -0.05) is 0 Å². The Morgan fingerprint density at radius 1 is 1.57 bits per heavy atom. The first-order valence-electron chi connectivity index (χ1n) is 6.50. The summed E-state index contributed by atoms with van der Waals surface area (Å²) in [6.45, 7) is -0.481. The van der Waals surface area contributed by atoms with E-state index in [1.807, 2.05) is 0 Å². The lowest BCUT2D eigenvalue weighted by atomic mass is 10.2. The quantitative estimate of drug-likeness (QED) is 0.406. The molecule has 0 saturated carbocycles. The maximum atomic E-state index is 11.7. The molecular weight excluding hydrogens is 333 g/mol. The number of phosphoric acid groups is 1. The van der Waals surface area contributed by atoms with Crippen LogP contribution in [0.25, 0.3) is 11.2 Å². The zero-order valence-electron chi connectivity index (χ0n) is 11.6. The summed E-state index contributed by atoms with van der Waals surface area (Å²) in [5.74, 6) is -0.0934. The van der Waals surface area contributed by atoms with Crippen molar-refractivity contribution in [2.75, 3.05) is 12.3 Å². The Kier molecular flexibility index (Phi) is 3.96. The second-order valence-corrected chi connectivity index (χ2v) is 6.23. The number of aliphatic hydroxyl groups is 1. The molecule has 13 heteroatoms. The predicted molar refractivity (Wildman–Crippen MR) is 75.1 cm³/mol. The van der Waals surface area contributed by atoms with Crippen molar-refractivity contribution >= 4 is 24.9 Å². The first-order chi connectivity index (χ1) is 10.7. The van der Waals surface area contributed by atoms with E-state index in [-0.39, 0.29) is 23.5 Å². The van der Waals surface area contributed by atoms with Crippen molar-refractivity contribution < 1.29 is 28.7 Å². The van der Waals surface area contributed by atoms with Crippen molar-refractivity contribution in [2.24, 2.45) is 0 Å². The molecule has 3 atom stereocenters. The highest BCUT2D eigenvalue weighted by Gasteiger charge is 2.37. The van der Waals surface area contributed by atoms with Crippen molar-refractivity contribution in [2.45, 2.75) is 24.9 Å². The summed E-state index contributed by atoms with van der Waals surface area (Å²) >= 11 is 0. The van der Waals surface area contributed by atoms with E-state index in [0.717, 1.165) is 0 Å². The zero-order valence-corrected chi connectivity index (χ0v) is 12.5. The van der Waals surface area contributed by atoms with Gasteiger partial charge in [0.15, 0.2) is 11.2 Å². The summed E-state index contributed by atoms with van der Waals surface area (Å²) < 4.78 is 22.0. The average molecular weight is 347 g/mol. The van der Waals surface area contributed by atoms with Gasteiger partial charge < -0.3 is 25.4 Å². The Morgan fingerprint density at radius 3 is 3.00 bits per heavy atom. The molecule has 0 amide bonds. The highest BCUT2D eigenvalue weighted by Crippen LogP contribution is 2.38. The van der Waals surface area contributed by atoms with Crippen LogP contribution in [0.4, 0.5) is 5.95 Å². The monoisotopic (exact) mass is 347 g/mol. The molecule has 0 spiro atoms. The molecule has 12 nitrogen and oxygen atoms in total. The van der Waals surface area contributed by atoms with E-state index in [1.54, 1.807) is 0 Å². The van der Waals surface area contributed by atoms with Gasteiger partial charge in [-0.05, 0) is 0 Å². The number of aromatic amines is 1. The number of nitrogens with one attached hydrogen (secondary N) is 1. The predicted octanol–water partition coefficient (Wildman–Crippen LogP) is -1.54. The maximum Gasteiger partial charge on any atom is 0.469 e. The summed E-state index contributed by atoms with van der Waals surface area (Å²) in [7, 11) is -4.66. The van der Waals surface area contributed by atoms with Crippen LogP contribution >= 0.6 is 7.82 Å². The number of H-pyrrole nitrogens is 1. The van der Waals surface area contributed by atoms with Crippen LogP contribution in [0.1, 0.15) is 12.6 Å². The zero-order chi connectivity index (χ0) is 16.8. The largest absolute Gasteiger partial charge is 0.469 e. The minimum Gasteiger partial charge on any atom is -0.390 e. The van der Waals surface area contributed by atoms with Crippen molar-refractivity contribution in [3.63, 3.8) is 0 Å². The lowest BCUT2D eigenvalue weighted by molar-refractivity contribution is -0.0424. The Bertz CT molecular complexity index is 829. The van der Waals surface area contributed by atoms with E-state index in [2.05, 4.69) is 19.5 Å². The number of fused-ring (bicyclic) bond motifs is 1. The third-order valence-electron chi connectivity index (χ3n) is 3.37. The Labute approximate surface area is 128 Å². The molecule has 0 aromatic carbocycles. The molecule has 126 valence electrons. The number of imidazole rings is 1. The van der Waals surface area contributed by atoms with Gasteiger partial charge in [-0.15, -0.1) is 0 Å². The van der Waals surface area contributed by atoms with E-state index < -0.39 is 38.4 Å². The van der Waals surface area contributed by atoms with Crippen molar-refractivity contribution in [1.29, 1.82) is 0 Å². The van der Waals surface area contributed by atoms with Gasteiger partial charge in [-0.3, -0.25) is 18.9 Å². The second kappa shape index (κ2) is 5.67. The molecule has 0 radical (unpaired) electrons. The van der Waals surface area contributed by atoms with Gasteiger partial charge in [-0.2, -0.15) is 4.98 Å². The van der Waals surface area contributed by atoms with Gasteiger partial charge in [0.1, 0.15) is 12.3 Å². The van der Waals surface area contributed by atoms with Crippen molar-refractivity contribution in [1.82, 2.24) is 19.5 Å². The summed E-state index contributed by atoms with van der Waals surface area (Å²) in [5.41, 5.74) is 5.23. The molecule has 1 aliphatic rings. The summed E-state index contributed by atoms with van der Waals surface area (Å²) in [6.07, 6.45) is -1.26. The standard InChI is InChI=1S/C10H14N5O7P/c11-10-13-8-7(9(17)14-10)12-3-15(8)6-1-4(16)5(22-6)2-21-23(18,19)20/h3-6,16H,1-2H2,(H2,18,19,20)(H3,11,13,14,17)/t4-,5+,6?/m0/s1. The smallest absolute Gasteiger partial charge is 0.390 e. The van der Waals surface area contributed by atoms with Crippen LogP contribution < -0.4 is 11.3 Å². The fourth-order valence-corrected chi connectivity index (χ4v) is 2.70. The number of anilines is 1. The minimum absolute atomic E-state index is 0.0622. The molecule has 1 aliphatic heterocycles. The van der Waals surface area contributed by atoms with E-state index in [0.29, 0.717) is 0 Å². The van der Waals surface area contributed by atoms with Crippen molar-refractivity contribution in [3.8, 4) is 0 Å². The lowest BCUT2D eigenvalue weighted by Crippen LogP contribution is -2.25. The SMILES string of the molecule is Nc1nc2c(ncn2C2C[C@H](O)[C@@H](COP(=O)(O)O)O2)c(=O)[nH]1. The highest BCUT2D eigenvalue weighted by atomic mass is 31.2. The minimum atomic E-state index is -4.66. The van der Waals surface area contributed by atoms with Gasteiger partial charge in [0, 0.05) is 6.42 Å². The third-order valence-corrected chi connectivity index (χ3v) is 3.86. The van der Waals surface area contributed by atoms with Gasteiger partial charge >= 0.3 is 7.82 Å². The summed E-state index contributed by atoms with van der Waals surface area (Å²) in [5, 5.41) is 9.93. The topological polar surface area (TPSA) is 186 Å². The average Bonchev–Trinajstić information content (AvgIpc) is 2.99. The third kappa shape index (κ3) is 3.27. The maximum absolute atomic E-state index is 11.7. The number of nitrogens with two attached hydrogens (primary N) is 1. The second-order valence-electron chi connectivity index (χ2n) is 4.99. The number of rotatable bonds is 4. The lowest BCUT2D eigenvalue weighted by Gasteiger charge is -2.16. The summed E-state index contributed by atoms with van der Waals surface area (Å²) in [4.78, 5) is 39.3. The molecular formula is C10H14N5O7P. The number of phosphoric ester groups is 1. The van der Waals surface area contributed by atoms with Gasteiger partial charge in [-0.25, -0.2) is 9.55 Å². The number of ether oxygens (including phenoxy) is 1. The molecule has 2 aromatic heterocycles. The fraction of sp³-hybridized carbons (Fsp3) is 0.500. The number of hydrogen-bond donors (Lipinski definition) is 5. The van der Waals surface area contributed by atoms with Crippen molar-refractivity contribution in [3.05, 3.63) is 16.7 Å². The Balaban J connectivity index is 1.84. The summed E-state index contributed by atoms with van der Waals surface area (Å²) in [6, 6.07) is 0. The normalized spacial score (nSPS) is 25.3. The molecule has 3 rings (SSSR count). The number of aliphatic hydroxyl groups excluding tert-OH is 1. The fourth-order valence-electron chi connectivity index (χ4n) is 2.36. The van der Waals surface area contributed by atoms with Gasteiger partial charge in [0.2, 0.25) is 5.95 Å². The molecule has 1 unspecified atom stereocenters. The van der Waals surface area contributed by atoms with Crippen LogP contribution in [0.15, 0.2) is 11.1 Å². The molecule has 0 bridgehead atoms. The molecule has 0 aliphatic carbocycles. The molecule has 2 aromatic rings. The first-order valence-corrected chi connectivity index (χ1v) is 8.03. The number of aromatic nitrogens is 4. The number of nitrogen functional groups attached to an aromatic ring is 1. The van der Waals surface area contributed by atoms with Gasteiger partial charge in [0.25, 0.3) is 5.56 Å². The van der Waals surface area contributed by atoms with E-state index in [4.69, 9.17) is 20.3 Å². The molecule has 23 heavy (non-hydrogen) atoms. The first kappa shape index (κ1) is 16.1. The molecule has 3 heterocycles. The van der Waals surface area contributed by atoms with E-state index in [1.165, 1.54) is 10.9 Å². The highest BCUT2D eigenvalue weighted by molar-refractivity contribution is 7.46. The van der Waals surface area contributed by atoms with Crippen LogP contribution in [-0.4, -0.2) is 53.2 Å². The Hall–Kier alpha value is -1.82. The van der Waals surface area contributed by atoms with Crippen LogP contribution in [0, 0.1) is 0 Å². The van der Waals surface area contributed by atoms with Crippen LogP contribution in [0.5, 0.6) is 0 Å². The van der Waals surface area contributed by atoms with Crippen LogP contribution in [0.3, 0.4) is 0 Å². The Morgan fingerprint density at radius 2 is 2.30 bits per heavy atom. The van der Waals surface area contributed by atoms with Crippen LogP contribution in [0.2, 0.25) is 0 Å². The number of hydrogen-bond acceptors (Lipinski definition) is 8. The molecule has 1 saturated heterocycles. The van der Waals surface area contributed by atoms with Gasteiger partial charge in [0.05, 0.1) is 19.0 Å². The van der Waals surface area contributed by atoms with Crippen LogP contribution in [-0.2, 0) is 13.8 Å². The number of nitrogens with zero attached hydrogens (tertiary/aromatic N) is 3. The van der Waals surface area contributed by atoms with E-state index in [9.17, 15) is 14.5 Å². The van der Waals surface area contributed by atoms with E-state index >= 15 is 0 Å².